The van der Waals surface area contributed by atoms with Gasteiger partial charge in [0.1, 0.15) is 11.6 Å². The minimum Gasteiger partial charge on any atom is -0.385 e. The van der Waals surface area contributed by atoms with Gasteiger partial charge in [-0.1, -0.05) is 0 Å². The lowest BCUT2D eigenvalue weighted by Gasteiger charge is -2.57. The van der Waals surface area contributed by atoms with Gasteiger partial charge in [0.05, 0.1) is 0 Å². The molecule has 108 valence electrons. The first-order valence-electron chi connectivity index (χ1n) is 7.66. The fourth-order valence-corrected chi connectivity index (χ4v) is 5.52. The zero-order chi connectivity index (χ0) is 13.9. The van der Waals surface area contributed by atoms with Crippen LogP contribution < -0.4 is 17.2 Å². The van der Waals surface area contributed by atoms with E-state index < -0.39 is 0 Å². The van der Waals surface area contributed by atoms with E-state index in [1.165, 1.54) is 38.5 Å². The molecule has 0 atom stereocenters. The van der Waals surface area contributed by atoms with Crippen LogP contribution in [0.15, 0.2) is 10.9 Å². The number of nitrogens with zero attached hydrogens (tertiary/aromatic N) is 2. The van der Waals surface area contributed by atoms with Crippen LogP contribution in [0.25, 0.3) is 0 Å². The van der Waals surface area contributed by atoms with Crippen LogP contribution in [-0.4, -0.2) is 9.55 Å². The smallest absolute Gasteiger partial charge is 0.351 e. The third-order valence-corrected chi connectivity index (χ3v) is 5.72. The van der Waals surface area contributed by atoms with Crippen LogP contribution in [0.3, 0.4) is 0 Å². The molecular formula is C15H22N4O. The largest absolute Gasteiger partial charge is 0.385 e. The van der Waals surface area contributed by atoms with Gasteiger partial charge in [-0.25, -0.2) is 4.79 Å². The van der Waals surface area contributed by atoms with Gasteiger partial charge >= 0.3 is 5.69 Å². The van der Waals surface area contributed by atoms with E-state index in [0.29, 0.717) is 5.82 Å². The van der Waals surface area contributed by atoms with E-state index in [9.17, 15) is 4.79 Å². The second-order valence-electron chi connectivity index (χ2n) is 7.39. The topological polar surface area (TPSA) is 86.9 Å². The van der Waals surface area contributed by atoms with Gasteiger partial charge in [-0.2, -0.15) is 4.98 Å². The van der Waals surface area contributed by atoms with Crippen molar-refractivity contribution in [2.75, 3.05) is 11.5 Å². The van der Waals surface area contributed by atoms with Crippen LogP contribution >= 0.6 is 0 Å². The molecular weight excluding hydrogens is 252 g/mol. The summed E-state index contributed by atoms with van der Waals surface area (Å²) in [5.41, 5.74) is 11.6. The van der Waals surface area contributed by atoms with Crippen molar-refractivity contribution in [3.8, 4) is 0 Å². The highest BCUT2D eigenvalue weighted by molar-refractivity contribution is 5.40. The molecule has 1 aromatic rings. The molecule has 5 rings (SSSR count). The Hall–Kier alpha value is -1.52. The Labute approximate surface area is 118 Å². The van der Waals surface area contributed by atoms with Gasteiger partial charge in [0, 0.05) is 12.6 Å². The quantitative estimate of drug-likeness (QED) is 0.858. The number of nitrogens with two attached hydrogens (primary N) is 2. The Morgan fingerprint density at radius 3 is 2.20 bits per heavy atom. The minimum atomic E-state index is -0.293. The van der Waals surface area contributed by atoms with E-state index in [1.807, 2.05) is 0 Å². The molecule has 0 unspecified atom stereocenters. The van der Waals surface area contributed by atoms with Crippen molar-refractivity contribution in [3.05, 3.63) is 16.6 Å². The highest BCUT2D eigenvalue weighted by atomic mass is 16.1. The van der Waals surface area contributed by atoms with Gasteiger partial charge in [-0.15, -0.1) is 0 Å². The van der Waals surface area contributed by atoms with Crippen molar-refractivity contribution < 1.29 is 0 Å². The number of rotatable bonds is 2. The predicted molar refractivity (Wildman–Crippen MR) is 77.9 cm³/mol. The SMILES string of the molecule is Nc1cc(N)n(CC23CC4CC(CC(C4)C2)C3)c(=O)n1. The van der Waals surface area contributed by atoms with Gasteiger partial charge in [-0.05, 0) is 61.7 Å². The lowest BCUT2D eigenvalue weighted by molar-refractivity contribution is -0.0622. The van der Waals surface area contributed by atoms with E-state index in [0.717, 1.165) is 24.3 Å². The highest BCUT2D eigenvalue weighted by Gasteiger charge is 2.51. The number of anilines is 2. The molecule has 0 saturated heterocycles. The number of nitrogen functional groups attached to an aromatic ring is 2. The van der Waals surface area contributed by atoms with E-state index in [-0.39, 0.29) is 16.9 Å². The third kappa shape index (κ3) is 1.83. The Kier molecular flexibility index (Phi) is 2.44. The second-order valence-corrected chi connectivity index (χ2v) is 7.39. The summed E-state index contributed by atoms with van der Waals surface area (Å²) in [5, 5.41) is 0. The second kappa shape index (κ2) is 3.99. The molecule has 4 bridgehead atoms. The van der Waals surface area contributed by atoms with Crippen LogP contribution in [0.4, 0.5) is 11.6 Å². The summed E-state index contributed by atoms with van der Waals surface area (Å²) >= 11 is 0. The van der Waals surface area contributed by atoms with Gasteiger partial charge in [-0.3, -0.25) is 4.57 Å². The highest BCUT2D eigenvalue weighted by Crippen LogP contribution is 2.60. The van der Waals surface area contributed by atoms with Crippen molar-refractivity contribution in [2.45, 2.75) is 45.1 Å². The molecule has 5 nitrogen and oxygen atoms in total. The maximum atomic E-state index is 12.1. The molecule has 0 amide bonds. The molecule has 5 heteroatoms. The molecule has 20 heavy (non-hydrogen) atoms. The molecule has 1 heterocycles. The number of hydrogen-bond donors (Lipinski definition) is 2. The predicted octanol–water partition coefficient (Wildman–Crippen LogP) is 1.62. The zero-order valence-electron chi connectivity index (χ0n) is 11.7. The Morgan fingerprint density at radius 2 is 1.70 bits per heavy atom. The van der Waals surface area contributed by atoms with Crippen LogP contribution in [-0.2, 0) is 6.54 Å². The summed E-state index contributed by atoms with van der Waals surface area (Å²) in [4.78, 5) is 15.9. The van der Waals surface area contributed by atoms with Gasteiger partial charge in [0.15, 0.2) is 0 Å². The maximum Gasteiger partial charge on any atom is 0.351 e. The Morgan fingerprint density at radius 1 is 1.15 bits per heavy atom. The average Bonchev–Trinajstić information content (AvgIpc) is 2.32. The molecule has 0 aromatic carbocycles. The van der Waals surface area contributed by atoms with Gasteiger partial charge < -0.3 is 11.5 Å². The van der Waals surface area contributed by atoms with Crippen LogP contribution in [0, 0.1) is 23.2 Å². The Bertz CT molecular complexity index is 571. The van der Waals surface area contributed by atoms with Crippen molar-refractivity contribution in [1.29, 1.82) is 0 Å². The monoisotopic (exact) mass is 274 g/mol. The average molecular weight is 274 g/mol. The summed E-state index contributed by atoms with van der Waals surface area (Å²) < 4.78 is 1.64. The molecule has 4 N–H and O–H groups in total. The summed E-state index contributed by atoms with van der Waals surface area (Å²) in [6.07, 6.45) is 8.00. The third-order valence-electron chi connectivity index (χ3n) is 5.72. The standard InChI is InChI=1S/C15H22N4O/c16-12-4-13(17)19(14(20)18-12)8-15-5-9-1-10(6-15)3-11(2-9)7-15/h4,9-11H,1-3,5-8,17H2,(H2,16,18,20). The molecule has 1 aromatic heterocycles. The first kappa shape index (κ1) is 12.2. The number of aromatic nitrogens is 2. The summed E-state index contributed by atoms with van der Waals surface area (Å²) in [7, 11) is 0. The molecule has 0 spiro atoms. The fourth-order valence-electron chi connectivity index (χ4n) is 5.52. The summed E-state index contributed by atoms with van der Waals surface area (Å²) in [5.74, 6) is 3.30. The molecule has 0 aliphatic heterocycles. The van der Waals surface area contributed by atoms with Crippen molar-refractivity contribution in [2.24, 2.45) is 23.2 Å². The molecule has 4 aliphatic carbocycles. The van der Waals surface area contributed by atoms with E-state index >= 15 is 0 Å². The van der Waals surface area contributed by atoms with E-state index in [2.05, 4.69) is 4.98 Å². The first-order chi connectivity index (χ1) is 9.53. The molecule has 0 radical (unpaired) electrons. The minimum absolute atomic E-state index is 0.217. The normalized spacial score (nSPS) is 38.3. The van der Waals surface area contributed by atoms with E-state index in [1.54, 1.807) is 10.6 Å². The Balaban J connectivity index is 1.68. The maximum absolute atomic E-state index is 12.1. The van der Waals surface area contributed by atoms with Crippen molar-refractivity contribution in [1.82, 2.24) is 9.55 Å². The zero-order valence-corrected chi connectivity index (χ0v) is 11.7. The summed E-state index contributed by atoms with van der Waals surface area (Å²) in [6.45, 7) is 0.731. The van der Waals surface area contributed by atoms with Crippen LogP contribution in [0.2, 0.25) is 0 Å². The lowest BCUT2D eigenvalue weighted by Crippen LogP contribution is -2.49. The lowest BCUT2D eigenvalue weighted by atomic mass is 9.49. The van der Waals surface area contributed by atoms with E-state index in [4.69, 9.17) is 11.5 Å². The molecule has 4 fully saturated rings. The van der Waals surface area contributed by atoms with Gasteiger partial charge in [0.25, 0.3) is 0 Å². The molecule has 4 saturated carbocycles. The number of hydrogen-bond acceptors (Lipinski definition) is 4. The van der Waals surface area contributed by atoms with Crippen LogP contribution in [0.5, 0.6) is 0 Å². The van der Waals surface area contributed by atoms with Crippen molar-refractivity contribution in [3.63, 3.8) is 0 Å². The van der Waals surface area contributed by atoms with Crippen molar-refractivity contribution >= 4 is 11.6 Å². The first-order valence-corrected chi connectivity index (χ1v) is 7.66. The summed E-state index contributed by atoms with van der Waals surface area (Å²) in [6, 6.07) is 1.60. The molecule has 4 aliphatic rings. The van der Waals surface area contributed by atoms with Crippen LogP contribution in [0.1, 0.15) is 38.5 Å². The van der Waals surface area contributed by atoms with Gasteiger partial charge in [0.2, 0.25) is 0 Å². The fraction of sp³-hybridized carbons (Fsp3) is 0.733.